The van der Waals surface area contributed by atoms with Gasteiger partial charge in [-0.05, 0) is 37.5 Å². The second-order valence-electron chi connectivity index (χ2n) is 8.03. The van der Waals surface area contributed by atoms with Gasteiger partial charge in [-0.2, -0.15) is 0 Å². The van der Waals surface area contributed by atoms with E-state index in [1.165, 1.54) is 103 Å². The summed E-state index contributed by atoms with van der Waals surface area (Å²) in [6.45, 7) is 8.37. The summed E-state index contributed by atoms with van der Waals surface area (Å²) in [7, 11) is 0. The summed E-state index contributed by atoms with van der Waals surface area (Å²) in [5.41, 5.74) is 0. The smallest absolute Gasteiger partial charge is 0.101 e. The Morgan fingerprint density at radius 3 is 2.04 bits per heavy atom. The Hall–Kier alpha value is -0.460. The molecule has 0 radical (unpaired) electrons. The maximum Gasteiger partial charge on any atom is 0.101 e. The van der Waals surface area contributed by atoms with Gasteiger partial charge in [-0.25, -0.2) is 0 Å². The number of hydrogen-bond acceptors (Lipinski definition) is 1. The lowest BCUT2D eigenvalue weighted by atomic mass is 9.76. The van der Waals surface area contributed by atoms with Crippen molar-refractivity contribution in [3.05, 3.63) is 12.8 Å². The minimum absolute atomic E-state index is 0.438. The normalized spacial score (nSPS) is 22.2. The van der Waals surface area contributed by atoms with Crippen molar-refractivity contribution in [1.82, 2.24) is 0 Å². The Labute approximate surface area is 152 Å². The van der Waals surface area contributed by atoms with Crippen LogP contribution in [0.3, 0.4) is 0 Å². The van der Waals surface area contributed by atoms with Crippen LogP contribution in [0.5, 0.6) is 0 Å². The zero-order chi connectivity index (χ0) is 17.5. The molecule has 0 spiro atoms. The molecule has 24 heavy (non-hydrogen) atoms. The fourth-order valence-electron chi connectivity index (χ4n) is 4.37. The predicted molar refractivity (Wildman–Crippen MR) is 107 cm³/mol. The Bertz CT molecular complexity index is 278. The van der Waals surface area contributed by atoms with E-state index in [9.17, 15) is 0 Å². The highest BCUT2D eigenvalue weighted by molar-refractivity contribution is 4.80. The fraction of sp³-hybridized carbons (Fsp3) is 0.913. The first-order valence-electron chi connectivity index (χ1n) is 11.1. The standard InChI is InChI=1S/C23H44O/c1-4-7-9-10-11-12-14-15-21-17-19-22(20-18-21)23(24-6-3)16-13-8-5-2/h6,21-23H,3-5,7-20H2,1-2H3. The molecule has 0 aromatic heterocycles. The van der Waals surface area contributed by atoms with Gasteiger partial charge >= 0.3 is 0 Å². The molecule has 1 heteroatoms. The van der Waals surface area contributed by atoms with E-state index in [1.54, 1.807) is 6.26 Å². The summed E-state index contributed by atoms with van der Waals surface area (Å²) in [5, 5.41) is 0. The van der Waals surface area contributed by atoms with Crippen LogP contribution in [-0.4, -0.2) is 6.10 Å². The van der Waals surface area contributed by atoms with Gasteiger partial charge in [0.1, 0.15) is 6.10 Å². The van der Waals surface area contributed by atoms with Gasteiger partial charge in [0.25, 0.3) is 0 Å². The molecule has 0 amide bonds. The Kier molecular flexibility index (Phi) is 13.4. The lowest BCUT2D eigenvalue weighted by Crippen LogP contribution is -2.27. The van der Waals surface area contributed by atoms with Gasteiger partial charge in [-0.15, -0.1) is 0 Å². The van der Waals surface area contributed by atoms with Crippen molar-refractivity contribution in [2.45, 2.75) is 123 Å². The highest BCUT2D eigenvalue weighted by Gasteiger charge is 2.27. The molecular formula is C23H44O. The molecule has 1 atom stereocenters. The molecule has 1 fully saturated rings. The second kappa shape index (κ2) is 14.8. The van der Waals surface area contributed by atoms with Gasteiger partial charge in [0.05, 0.1) is 6.26 Å². The molecule has 0 aliphatic heterocycles. The molecule has 0 N–H and O–H groups in total. The minimum atomic E-state index is 0.438. The molecular weight excluding hydrogens is 292 g/mol. The molecule has 1 aliphatic carbocycles. The van der Waals surface area contributed by atoms with Crippen LogP contribution in [-0.2, 0) is 4.74 Å². The van der Waals surface area contributed by atoms with E-state index in [0.717, 1.165) is 11.8 Å². The van der Waals surface area contributed by atoms with Crippen LogP contribution in [0.15, 0.2) is 12.8 Å². The van der Waals surface area contributed by atoms with Crippen LogP contribution >= 0.6 is 0 Å². The average molecular weight is 337 g/mol. The van der Waals surface area contributed by atoms with Crippen molar-refractivity contribution in [1.29, 1.82) is 0 Å². The maximum absolute atomic E-state index is 5.87. The molecule has 0 saturated heterocycles. The van der Waals surface area contributed by atoms with E-state index >= 15 is 0 Å². The quantitative estimate of drug-likeness (QED) is 0.217. The van der Waals surface area contributed by atoms with E-state index in [4.69, 9.17) is 4.74 Å². The SMILES string of the molecule is C=COC(CCCCC)C1CCC(CCCCCCCCC)CC1. The zero-order valence-corrected chi connectivity index (χ0v) is 16.7. The van der Waals surface area contributed by atoms with Crippen molar-refractivity contribution in [2.75, 3.05) is 0 Å². The number of rotatable bonds is 15. The third kappa shape index (κ3) is 9.74. The van der Waals surface area contributed by atoms with Crippen molar-refractivity contribution in [3.8, 4) is 0 Å². The van der Waals surface area contributed by atoms with Crippen LogP contribution in [0, 0.1) is 11.8 Å². The fourth-order valence-corrected chi connectivity index (χ4v) is 4.37. The summed E-state index contributed by atoms with van der Waals surface area (Å²) in [5.74, 6) is 1.78. The molecule has 1 nitrogen and oxygen atoms in total. The molecule has 1 unspecified atom stereocenters. The lowest BCUT2D eigenvalue weighted by molar-refractivity contribution is 0.0484. The van der Waals surface area contributed by atoms with Crippen LogP contribution in [0.1, 0.15) is 117 Å². The van der Waals surface area contributed by atoms with E-state index in [2.05, 4.69) is 20.4 Å². The molecule has 142 valence electrons. The molecule has 0 aromatic carbocycles. The summed E-state index contributed by atoms with van der Waals surface area (Å²) < 4.78 is 5.87. The Morgan fingerprint density at radius 1 is 0.833 bits per heavy atom. The van der Waals surface area contributed by atoms with Gasteiger partial charge in [-0.3, -0.25) is 0 Å². The number of ether oxygens (including phenoxy) is 1. The minimum Gasteiger partial charge on any atom is -0.498 e. The Morgan fingerprint density at radius 2 is 1.42 bits per heavy atom. The van der Waals surface area contributed by atoms with Crippen molar-refractivity contribution >= 4 is 0 Å². The summed E-state index contributed by atoms with van der Waals surface area (Å²) in [6, 6.07) is 0. The highest BCUT2D eigenvalue weighted by Crippen LogP contribution is 2.36. The summed E-state index contributed by atoms with van der Waals surface area (Å²) in [6.07, 6.45) is 24.5. The predicted octanol–water partition coefficient (Wildman–Crippen LogP) is 8.04. The van der Waals surface area contributed by atoms with E-state index in [1.807, 2.05) is 0 Å². The third-order valence-corrected chi connectivity index (χ3v) is 6.00. The van der Waals surface area contributed by atoms with Crippen molar-refractivity contribution in [2.24, 2.45) is 11.8 Å². The first-order valence-corrected chi connectivity index (χ1v) is 11.1. The van der Waals surface area contributed by atoms with Crippen LogP contribution in [0.25, 0.3) is 0 Å². The Balaban J connectivity index is 2.11. The van der Waals surface area contributed by atoms with Crippen LogP contribution < -0.4 is 0 Å². The molecule has 1 aliphatic rings. The zero-order valence-electron chi connectivity index (χ0n) is 16.7. The first kappa shape index (κ1) is 21.6. The molecule has 0 bridgehead atoms. The van der Waals surface area contributed by atoms with Gasteiger partial charge in [0, 0.05) is 0 Å². The van der Waals surface area contributed by atoms with E-state index in [0.29, 0.717) is 6.10 Å². The van der Waals surface area contributed by atoms with Crippen molar-refractivity contribution < 1.29 is 4.74 Å². The molecule has 1 saturated carbocycles. The van der Waals surface area contributed by atoms with Gasteiger partial charge < -0.3 is 4.74 Å². The van der Waals surface area contributed by atoms with Crippen LogP contribution in [0.4, 0.5) is 0 Å². The maximum atomic E-state index is 5.87. The lowest BCUT2D eigenvalue weighted by Gasteiger charge is -2.33. The largest absolute Gasteiger partial charge is 0.498 e. The topological polar surface area (TPSA) is 9.23 Å². The van der Waals surface area contributed by atoms with Crippen LogP contribution in [0.2, 0.25) is 0 Å². The summed E-state index contributed by atoms with van der Waals surface area (Å²) >= 11 is 0. The number of unbranched alkanes of at least 4 members (excludes halogenated alkanes) is 8. The number of hydrogen-bond donors (Lipinski definition) is 0. The van der Waals surface area contributed by atoms with Crippen molar-refractivity contribution in [3.63, 3.8) is 0 Å². The molecule has 1 rings (SSSR count). The van der Waals surface area contributed by atoms with Gasteiger partial charge in [0.15, 0.2) is 0 Å². The molecule has 0 heterocycles. The van der Waals surface area contributed by atoms with Gasteiger partial charge in [0.2, 0.25) is 0 Å². The van der Waals surface area contributed by atoms with E-state index in [-0.39, 0.29) is 0 Å². The van der Waals surface area contributed by atoms with Gasteiger partial charge in [-0.1, -0.05) is 97.5 Å². The van der Waals surface area contributed by atoms with E-state index < -0.39 is 0 Å². The first-order chi connectivity index (χ1) is 11.8. The third-order valence-electron chi connectivity index (χ3n) is 6.00. The highest BCUT2D eigenvalue weighted by atomic mass is 16.5. The second-order valence-corrected chi connectivity index (χ2v) is 8.03. The molecule has 0 aromatic rings. The monoisotopic (exact) mass is 336 g/mol. The summed E-state index contributed by atoms with van der Waals surface area (Å²) in [4.78, 5) is 0. The average Bonchev–Trinajstić information content (AvgIpc) is 2.61.